The SMILES string of the molecule is CCc1ccccc1NC(=O)C(=O)Nn1c(C(=O)Nc2ccc(Br)c(C)c2)cc2cc(Cl)ccc21. The Morgan fingerprint density at radius 3 is 2.46 bits per heavy atom. The van der Waals surface area contributed by atoms with E-state index >= 15 is 0 Å². The van der Waals surface area contributed by atoms with E-state index in [-0.39, 0.29) is 5.69 Å². The number of nitrogens with zero attached hydrogens (tertiary/aromatic N) is 1. The number of hydrogen-bond acceptors (Lipinski definition) is 3. The lowest BCUT2D eigenvalue weighted by molar-refractivity contribution is -0.133. The fourth-order valence-corrected chi connectivity index (χ4v) is 4.10. The molecule has 0 aliphatic rings. The number of anilines is 2. The normalized spacial score (nSPS) is 10.7. The summed E-state index contributed by atoms with van der Waals surface area (Å²) in [5.74, 6) is -2.23. The fraction of sp³-hybridized carbons (Fsp3) is 0.115. The number of carbonyl (C=O) groups is 3. The Morgan fingerprint density at radius 2 is 1.71 bits per heavy atom. The molecule has 0 fully saturated rings. The lowest BCUT2D eigenvalue weighted by Crippen LogP contribution is -2.36. The van der Waals surface area contributed by atoms with Crippen LogP contribution in [0.1, 0.15) is 28.5 Å². The smallest absolute Gasteiger partial charge is 0.321 e. The van der Waals surface area contributed by atoms with Gasteiger partial charge in [-0.05, 0) is 73.0 Å². The van der Waals surface area contributed by atoms with Crippen LogP contribution in [-0.4, -0.2) is 22.4 Å². The molecule has 4 aromatic rings. The average molecular weight is 554 g/mol. The molecule has 3 N–H and O–H groups in total. The van der Waals surface area contributed by atoms with Crippen molar-refractivity contribution >= 4 is 67.5 Å². The number of para-hydroxylation sites is 1. The van der Waals surface area contributed by atoms with Crippen LogP contribution in [0.5, 0.6) is 0 Å². The molecule has 0 saturated carbocycles. The van der Waals surface area contributed by atoms with Crippen molar-refractivity contribution in [3.8, 4) is 0 Å². The third-order valence-corrected chi connectivity index (χ3v) is 6.60. The van der Waals surface area contributed by atoms with E-state index in [2.05, 4.69) is 32.0 Å². The number of aromatic nitrogens is 1. The van der Waals surface area contributed by atoms with E-state index < -0.39 is 17.7 Å². The minimum atomic E-state index is -0.920. The van der Waals surface area contributed by atoms with Crippen LogP contribution < -0.4 is 16.1 Å². The van der Waals surface area contributed by atoms with Gasteiger partial charge in [-0.25, -0.2) is 4.68 Å². The molecule has 3 aromatic carbocycles. The topological polar surface area (TPSA) is 92.2 Å². The largest absolute Gasteiger partial charge is 0.328 e. The summed E-state index contributed by atoms with van der Waals surface area (Å²) < 4.78 is 2.21. The van der Waals surface area contributed by atoms with E-state index in [9.17, 15) is 14.4 Å². The van der Waals surface area contributed by atoms with Crippen LogP contribution in [0.15, 0.2) is 71.2 Å². The molecule has 0 spiro atoms. The number of carbonyl (C=O) groups excluding carboxylic acids is 3. The number of halogens is 2. The third-order valence-electron chi connectivity index (χ3n) is 5.48. The number of amides is 3. The van der Waals surface area contributed by atoms with Crippen molar-refractivity contribution < 1.29 is 14.4 Å². The molecule has 0 aliphatic carbocycles. The summed E-state index contributed by atoms with van der Waals surface area (Å²) in [5.41, 5.74) is 6.20. The van der Waals surface area contributed by atoms with E-state index in [1.807, 2.05) is 38.1 Å². The Hall–Kier alpha value is -3.62. The molecule has 1 heterocycles. The molecule has 1 aromatic heterocycles. The molecule has 0 bridgehead atoms. The van der Waals surface area contributed by atoms with Gasteiger partial charge in [-0.2, -0.15) is 0 Å². The molecule has 0 radical (unpaired) electrons. The van der Waals surface area contributed by atoms with Crippen LogP contribution in [0.4, 0.5) is 11.4 Å². The second-order valence-electron chi connectivity index (χ2n) is 7.89. The molecule has 178 valence electrons. The monoisotopic (exact) mass is 552 g/mol. The maximum absolute atomic E-state index is 13.2. The van der Waals surface area contributed by atoms with Gasteiger partial charge in [0.15, 0.2) is 0 Å². The second kappa shape index (κ2) is 10.3. The number of rotatable bonds is 5. The van der Waals surface area contributed by atoms with Crippen molar-refractivity contribution in [1.29, 1.82) is 0 Å². The van der Waals surface area contributed by atoms with E-state index in [4.69, 9.17) is 11.6 Å². The molecule has 0 aliphatic heterocycles. The Balaban J connectivity index is 1.63. The van der Waals surface area contributed by atoms with Crippen LogP contribution in [0, 0.1) is 6.92 Å². The molecular formula is C26H22BrClN4O3. The Labute approximate surface area is 215 Å². The first kappa shape index (κ1) is 24.5. The van der Waals surface area contributed by atoms with Gasteiger partial charge in [-0.15, -0.1) is 0 Å². The van der Waals surface area contributed by atoms with Crippen LogP contribution >= 0.6 is 27.5 Å². The van der Waals surface area contributed by atoms with Crippen LogP contribution in [-0.2, 0) is 16.0 Å². The lowest BCUT2D eigenvalue weighted by atomic mass is 10.1. The highest BCUT2D eigenvalue weighted by molar-refractivity contribution is 9.10. The first-order chi connectivity index (χ1) is 16.8. The van der Waals surface area contributed by atoms with Gasteiger partial charge in [0.1, 0.15) is 5.69 Å². The fourth-order valence-electron chi connectivity index (χ4n) is 3.67. The highest BCUT2D eigenvalue weighted by Crippen LogP contribution is 2.25. The van der Waals surface area contributed by atoms with Crippen molar-refractivity contribution in [2.75, 3.05) is 16.1 Å². The van der Waals surface area contributed by atoms with Gasteiger partial charge in [0.05, 0.1) is 5.52 Å². The quantitative estimate of drug-likeness (QED) is 0.269. The summed E-state index contributed by atoms with van der Waals surface area (Å²) in [6.07, 6.45) is 0.695. The van der Waals surface area contributed by atoms with Crippen LogP contribution in [0.2, 0.25) is 5.02 Å². The second-order valence-corrected chi connectivity index (χ2v) is 9.18. The first-order valence-electron chi connectivity index (χ1n) is 10.9. The third kappa shape index (κ3) is 5.39. The average Bonchev–Trinajstić information content (AvgIpc) is 3.19. The summed E-state index contributed by atoms with van der Waals surface area (Å²) >= 11 is 9.57. The number of nitrogens with one attached hydrogen (secondary N) is 3. The lowest BCUT2D eigenvalue weighted by Gasteiger charge is -2.14. The van der Waals surface area contributed by atoms with Crippen molar-refractivity contribution in [2.24, 2.45) is 0 Å². The molecule has 0 unspecified atom stereocenters. The summed E-state index contributed by atoms with van der Waals surface area (Å²) in [7, 11) is 0. The highest BCUT2D eigenvalue weighted by atomic mass is 79.9. The Morgan fingerprint density at radius 1 is 0.943 bits per heavy atom. The predicted molar refractivity (Wildman–Crippen MR) is 143 cm³/mol. The zero-order chi connectivity index (χ0) is 25.1. The molecule has 9 heteroatoms. The van der Waals surface area contributed by atoms with Gasteiger partial charge in [-0.3, -0.25) is 19.8 Å². The van der Waals surface area contributed by atoms with E-state index in [0.29, 0.717) is 33.7 Å². The van der Waals surface area contributed by atoms with E-state index in [0.717, 1.165) is 15.6 Å². The van der Waals surface area contributed by atoms with E-state index in [1.54, 1.807) is 42.5 Å². The zero-order valence-corrected chi connectivity index (χ0v) is 21.3. The molecule has 7 nitrogen and oxygen atoms in total. The molecule has 3 amide bonds. The van der Waals surface area contributed by atoms with E-state index in [1.165, 1.54) is 4.68 Å². The van der Waals surface area contributed by atoms with Gasteiger partial charge in [0, 0.05) is 26.3 Å². The first-order valence-corrected chi connectivity index (χ1v) is 12.0. The molecule has 0 atom stereocenters. The highest BCUT2D eigenvalue weighted by Gasteiger charge is 2.22. The summed E-state index contributed by atoms with van der Waals surface area (Å²) in [4.78, 5) is 38.7. The Kier molecular flexibility index (Phi) is 7.23. The van der Waals surface area contributed by atoms with Gasteiger partial charge >= 0.3 is 11.8 Å². The summed E-state index contributed by atoms with van der Waals surface area (Å²) in [6.45, 7) is 3.87. The minimum Gasteiger partial charge on any atom is -0.321 e. The number of fused-ring (bicyclic) bond motifs is 1. The van der Waals surface area contributed by atoms with Crippen molar-refractivity contribution in [3.05, 3.63) is 93.0 Å². The maximum atomic E-state index is 13.2. The van der Waals surface area contributed by atoms with Gasteiger partial charge in [-0.1, -0.05) is 52.7 Å². The number of benzene rings is 3. The zero-order valence-electron chi connectivity index (χ0n) is 19.0. The number of hydrogen-bond donors (Lipinski definition) is 3. The Bertz CT molecular complexity index is 1460. The molecular weight excluding hydrogens is 532 g/mol. The number of aryl methyl sites for hydroxylation is 2. The van der Waals surface area contributed by atoms with Crippen LogP contribution in [0.25, 0.3) is 10.9 Å². The van der Waals surface area contributed by atoms with Crippen LogP contribution in [0.3, 0.4) is 0 Å². The summed E-state index contributed by atoms with van der Waals surface area (Å²) in [6, 6.07) is 19.3. The molecule has 4 rings (SSSR count). The maximum Gasteiger partial charge on any atom is 0.328 e. The molecule has 0 saturated heterocycles. The van der Waals surface area contributed by atoms with Crippen molar-refractivity contribution in [1.82, 2.24) is 4.68 Å². The van der Waals surface area contributed by atoms with Gasteiger partial charge < -0.3 is 10.6 Å². The summed E-state index contributed by atoms with van der Waals surface area (Å²) in [5, 5.41) is 6.58. The van der Waals surface area contributed by atoms with Crippen molar-refractivity contribution in [3.63, 3.8) is 0 Å². The minimum absolute atomic E-state index is 0.137. The molecule has 35 heavy (non-hydrogen) atoms. The van der Waals surface area contributed by atoms with Gasteiger partial charge in [0.25, 0.3) is 5.91 Å². The van der Waals surface area contributed by atoms with Crippen molar-refractivity contribution in [2.45, 2.75) is 20.3 Å². The predicted octanol–water partition coefficient (Wildman–Crippen LogP) is 5.89. The standard InChI is InChI=1S/C26H22BrClN4O3/c1-3-16-6-4-5-7-21(16)30-25(34)26(35)31-32-22-11-8-18(28)13-17(22)14-23(32)24(33)29-19-9-10-20(27)15(2)12-19/h4-14H,3H2,1-2H3,(H,29,33)(H,30,34)(H,31,35). The van der Waals surface area contributed by atoms with Gasteiger partial charge in [0.2, 0.25) is 0 Å².